The number of aromatic nitrogens is 1. The number of aryl methyl sites for hydroxylation is 2. The molecule has 2 aromatic carbocycles. The Morgan fingerprint density at radius 2 is 1.68 bits per heavy atom. The van der Waals surface area contributed by atoms with Crippen molar-refractivity contribution in [3.05, 3.63) is 70.7 Å². The Morgan fingerprint density at radius 3 is 2.38 bits per heavy atom. The van der Waals surface area contributed by atoms with E-state index in [1.165, 1.54) is 17.8 Å². The number of hydrogen-bond donors (Lipinski definition) is 3. The molecule has 1 fully saturated rings. The molecule has 3 N–H and O–H groups in total. The maximum absolute atomic E-state index is 12.7. The van der Waals surface area contributed by atoms with Crippen LogP contribution in [0.4, 0.5) is 51.1 Å². The molecule has 13 heteroatoms. The zero-order valence-electron chi connectivity index (χ0n) is 22.2. The highest BCUT2D eigenvalue weighted by atomic mass is 32.1. The summed E-state index contributed by atoms with van der Waals surface area (Å²) in [6.07, 6.45) is -1.97. The number of rotatable bonds is 9. The van der Waals surface area contributed by atoms with Crippen LogP contribution in [0, 0.1) is 13.8 Å². The van der Waals surface area contributed by atoms with Crippen molar-refractivity contribution < 1.29 is 13.2 Å². The van der Waals surface area contributed by atoms with Crippen LogP contribution in [0.1, 0.15) is 29.7 Å². The number of hydrazine groups is 2. The standard InChI is InChI=1S/C27H29F3N8S2/c1-17-14-20(6-8-21(17)33-35-26-31-23(16-39-26)27(28,29)30)36-37(3)22-9-7-19(15-18(22)2)32-34-24-10-11-25(40-24)38-12-4-5-13-38/h6-11,14-16,32,34,36H,4-5,12-13H2,1-3H3. The van der Waals surface area contributed by atoms with Crippen LogP contribution in [-0.2, 0) is 6.18 Å². The molecule has 0 aliphatic carbocycles. The maximum atomic E-state index is 12.7. The van der Waals surface area contributed by atoms with E-state index in [0.29, 0.717) is 5.69 Å². The first-order valence-electron chi connectivity index (χ1n) is 12.7. The van der Waals surface area contributed by atoms with Crippen LogP contribution in [0.25, 0.3) is 0 Å². The molecular weight excluding hydrogens is 557 g/mol. The molecule has 1 saturated heterocycles. The second-order valence-corrected chi connectivity index (χ2v) is 11.4. The molecule has 40 heavy (non-hydrogen) atoms. The Labute approximate surface area is 238 Å². The Balaban J connectivity index is 1.17. The number of azo groups is 1. The lowest BCUT2D eigenvalue weighted by Gasteiger charge is -2.24. The molecule has 0 spiro atoms. The Kier molecular flexibility index (Phi) is 8.12. The van der Waals surface area contributed by atoms with Crippen LogP contribution >= 0.6 is 22.7 Å². The topological polar surface area (TPSA) is 80.2 Å². The number of nitrogens with one attached hydrogen (secondary N) is 3. The first-order valence-corrected chi connectivity index (χ1v) is 14.4. The Hall–Kier alpha value is -3.84. The molecule has 4 aromatic rings. The van der Waals surface area contributed by atoms with Gasteiger partial charge in [0.2, 0.25) is 5.13 Å². The third-order valence-corrected chi connectivity index (χ3v) is 8.20. The zero-order valence-corrected chi connectivity index (χ0v) is 23.8. The summed E-state index contributed by atoms with van der Waals surface area (Å²) in [6, 6.07) is 15.9. The van der Waals surface area contributed by atoms with E-state index in [9.17, 15) is 13.2 Å². The summed E-state index contributed by atoms with van der Waals surface area (Å²) in [5, 5.41) is 13.1. The van der Waals surface area contributed by atoms with Gasteiger partial charge in [0.15, 0.2) is 5.69 Å². The molecule has 2 aromatic heterocycles. The lowest BCUT2D eigenvalue weighted by atomic mass is 10.1. The Morgan fingerprint density at radius 1 is 0.925 bits per heavy atom. The highest BCUT2D eigenvalue weighted by Crippen LogP contribution is 2.34. The predicted octanol–water partition coefficient (Wildman–Crippen LogP) is 8.76. The minimum Gasteiger partial charge on any atom is -0.363 e. The van der Waals surface area contributed by atoms with Gasteiger partial charge < -0.3 is 10.3 Å². The van der Waals surface area contributed by atoms with E-state index in [1.807, 2.05) is 50.2 Å². The molecule has 1 aliphatic rings. The molecule has 3 heterocycles. The van der Waals surface area contributed by atoms with Crippen molar-refractivity contribution in [2.24, 2.45) is 10.2 Å². The van der Waals surface area contributed by atoms with E-state index in [-0.39, 0.29) is 5.13 Å². The van der Waals surface area contributed by atoms with Crippen LogP contribution in [0.5, 0.6) is 0 Å². The highest BCUT2D eigenvalue weighted by Gasteiger charge is 2.33. The molecule has 0 amide bonds. The average molecular weight is 587 g/mol. The summed E-state index contributed by atoms with van der Waals surface area (Å²) in [7, 11) is 1.93. The molecule has 0 bridgehead atoms. The second-order valence-electron chi connectivity index (χ2n) is 9.47. The lowest BCUT2D eigenvalue weighted by molar-refractivity contribution is -0.140. The van der Waals surface area contributed by atoms with Crippen LogP contribution in [0.3, 0.4) is 0 Å². The number of benzene rings is 2. The predicted molar refractivity (Wildman–Crippen MR) is 159 cm³/mol. The number of nitrogens with zero attached hydrogens (tertiary/aromatic N) is 5. The zero-order chi connectivity index (χ0) is 28.3. The van der Waals surface area contributed by atoms with Gasteiger partial charge in [0.25, 0.3) is 0 Å². The average Bonchev–Trinajstić information content (AvgIpc) is 3.68. The fourth-order valence-electron chi connectivity index (χ4n) is 4.37. The summed E-state index contributed by atoms with van der Waals surface area (Å²) >= 11 is 2.55. The molecule has 210 valence electrons. The summed E-state index contributed by atoms with van der Waals surface area (Å²) in [4.78, 5) is 5.90. The van der Waals surface area contributed by atoms with Crippen LogP contribution in [0.15, 0.2) is 64.1 Å². The molecule has 8 nitrogen and oxygen atoms in total. The molecule has 1 aliphatic heterocycles. The summed E-state index contributed by atoms with van der Waals surface area (Å²) in [5.41, 5.74) is 14.2. The van der Waals surface area contributed by atoms with Crippen molar-refractivity contribution in [3.63, 3.8) is 0 Å². The van der Waals surface area contributed by atoms with Gasteiger partial charge in [-0.1, -0.05) is 11.3 Å². The molecule has 0 unspecified atom stereocenters. The van der Waals surface area contributed by atoms with Gasteiger partial charge in [-0.05, 0) is 86.3 Å². The van der Waals surface area contributed by atoms with Crippen molar-refractivity contribution in [2.75, 3.05) is 46.3 Å². The lowest BCUT2D eigenvalue weighted by Crippen LogP contribution is -2.25. The fraction of sp³-hybridized carbons (Fsp3) is 0.296. The van der Waals surface area contributed by atoms with Crippen LogP contribution in [-0.4, -0.2) is 25.1 Å². The largest absolute Gasteiger partial charge is 0.434 e. The maximum Gasteiger partial charge on any atom is 0.434 e. The van der Waals surface area contributed by atoms with Crippen molar-refractivity contribution in [2.45, 2.75) is 32.9 Å². The highest BCUT2D eigenvalue weighted by molar-refractivity contribution is 7.20. The van der Waals surface area contributed by atoms with Crippen LogP contribution < -0.4 is 26.2 Å². The van der Waals surface area contributed by atoms with Gasteiger partial charge in [-0.3, -0.25) is 15.9 Å². The number of alkyl halides is 3. The summed E-state index contributed by atoms with van der Waals surface area (Å²) < 4.78 is 38.2. The van der Waals surface area contributed by atoms with E-state index in [1.54, 1.807) is 17.4 Å². The number of halogens is 3. The molecule has 0 saturated carbocycles. The SMILES string of the molecule is Cc1cc(NN(C)c2ccc(NNc3ccc(N4CCCC4)s3)cc2C)ccc1N=Nc1nc(C(F)(F)F)cs1. The summed E-state index contributed by atoms with van der Waals surface area (Å²) in [6.45, 7) is 6.18. The quantitative estimate of drug-likeness (QED) is 0.134. The van der Waals surface area contributed by atoms with Gasteiger partial charge in [0, 0.05) is 25.5 Å². The number of thiazole rings is 1. The fourth-order valence-corrected chi connectivity index (χ4v) is 5.93. The first-order chi connectivity index (χ1) is 19.2. The normalized spacial score (nSPS) is 13.7. The third-order valence-electron chi connectivity index (χ3n) is 6.42. The third kappa shape index (κ3) is 6.65. The molecule has 5 rings (SSSR count). The minimum atomic E-state index is -4.49. The van der Waals surface area contributed by atoms with Crippen molar-refractivity contribution in [1.29, 1.82) is 0 Å². The second kappa shape index (κ2) is 11.7. The molecular formula is C27H29F3N8S2. The van der Waals surface area contributed by atoms with Gasteiger partial charge in [-0.2, -0.15) is 13.2 Å². The van der Waals surface area contributed by atoms with E-state index in [4.69, 9.17) is 0 Å². The number of hydrogen-bond acceptors (Lipinski definition) is 10. The first kappa shape index (κ1) is 27.7. The van der Waals surface area contributed by atoms with Gasteiger partial charge >= 0.3 is 6.18 Å². The van der Waals surface area contributed by atoms with E-state index >= 15 is 0 Å². The Bertz CT molecular complexity index is 1490. The molecule has 0 atom stereocenters. The van der Waals surface area contributed by atoms with Gasteiger partial charge in [0.1, 0.15) is 5.00 Å². The van der Waals surface area contributed by atoms with Gasteiger partial charge in [-0.25, -0.2) is 4.98 Å². The monoisotopic (exact) mass is 586 g/mol. The van der Waals surface area contributed by atoms with E-state index < -0.39 is 11.9 Å². The van der Waals surface area contributed by atoms with Crippen molar-refractivity contribution >= 4 is 60.6 Å². The van der Waals surface area contributed by atoms with Crippen molar-refractivity contribution in [3.8, 4) is 0 Å². The minimum absolute atomic E-state index is 0.0421. The number of anilines is 5. The smallest absolute Gasteiger partial charge is 0.363 e. The van der Waals surface area contributed by atoms with Gasteiger partial charge in [-0.15, -0.1) is 21.6 Å². The van der Waals surface area contributed by atoms with Gasteiger partial charge in [0.05, 0.1) is 27.8 Å². The summed E-state index contributed by atoms with van der Waals surface area (Å²) in [5.74, 6) is 0. The van der Waals surface area contributed by atoms with Crippen molar-refractivity contribution in [1.82, 2.24) is 4.98 Å². The number of thiophene rings is 1. The van der Waals surface area contributed by atoms with Crippen LogP contribution in [0.2, 0.25) is 0 Å². The van der Waals surface area contributed by atoms with E-state index in [0.717, 1.165) is 63.0 Å². The van der Waals surface area contributed by atoms with E-state index in [2.05, 4.69) is 54.6 Å². The molecule has 0 radical (unpaired) electrons.